The Kier molecular flexibility index (Phi) is 6.53. The van der Waals surface area contributed by atoms with Crippen LogP contribution in [0.25, 0.3) is 0 Å². The van der Waals surface area contributed by atoms with Gasteiger partial charge < -0.3 is 24.3 Å². The molecule has 0 saturated carbocycles. The van der Waals surface area contributed by atoms with Gasteiger partial charge in [-0.05, 0) is 12.1 Å². The second-order valence-electron chi connectivity index (χ2n) is 5.13. The van der Waals surface area contributed by atoms with Gasteiger partial charge in [0.25, 0.3) is 5.91 Å². The number of nitrogens with one attached hydrogen (secondary N) is 1. The van der Waals surface area contributed by atoms with Crippen LogP contribution in [0.5, 0.6) is 17.2 Å². The van der Waals surface area contributed by atoms with Gasteiger partial charge in [0.15, 0.2) is 18.1 Å². The Morgan fingerprint density at radius 3 is 2.04 bits per heavy atom. The van der Waals surface area contributed by atoms with Crippen LogP contribution in [0.1, 0.15) is 10.4 Å². The van der Waals surface area contributed by atoms with E-state index in [1.807, 2.05) is 5.32 Å². The largest absolute Gasteiger partial charge is 0.496 e. The number of para-hydroxylation sites is 1. The fourth-order valence-corrected chi connectivity index (χ4v) is 2.19. The van der Waals surface area contributed by atoms with E-state index in [4.69, 9.17) is 18.9 Å². The Hall–Kier alpha value is -3.36. The summed E-state index contributed by atoms with van der Waals surface area (Å²) < 4.78 is 47.3. The molecular formula is C18H17F2NO6. The summed E-state index contributed by atoms with van der Waals surface area (Å²) in [5.41, 5.74) is -0.637. The van der Waals surface area contributed by atoms with Crippen molar-refractivity contribution in [3.63, 3.8) is 0 Å². The number of benzene rings is 2. The van der Waals surface area contributed by atoms with Gasteiger partial charge in [-0.3, -0.25) is 4.79 Å². The summed E-state index contributed by atoms with van der Waals surface area (Å²) in [5, 5.41) is 2.01. The average molecular weight is 381 g/mol. The highest BCUT2D eigenvalue weighted by Crippen LogP contribution is 2.34. The minimum absolute atomic E-state index is 0.0139. The van der Waals surface area contributed by atoms with E-state index in [1.165, 1.54) is 33.5 Å². The molecule has 0 aliphatic carbocycles. The Morgan fingerprint density at radius 2 is 1.48 bits per heavy atom. The molecule has 2 aromatic rings. The van der Waals surface area contributed by atoms with Crippen molar-refractivity contribution in [2.24, 2.45) is 0 Å². The van der Waals surface area contributed by atoms with E-state index in [1.54, 1.807) is 0 Å². The molecule has 0 saturated heterocycles. The molecule has 0 aliphatic rings. The lowest BCUT2D eigenvalue weighted by molar-refractivity contribution is -0.119. The highest BCUT2D eigenvalue weighted by molar-refractivity contribution is 5.97. The standard InChI is InChI=1S/C18H17F2NO6/c1-24-13-8-15(26-3)14(25-2)7-10(13)18(23)27-9-16(22)21-17-11(19)5-4-6-12(17)20/h4-8H,9H2,1-3H3,(H,21,22). The summed E-state index contributed by atoms with van der Waals surface area (Å²) in [6.07, 6.45) is 0. The molecule has 0 unspecified atom stereocenters. The predicted octanol–water partition coefficient (Wildman–Crippen LogP) is 2.79. The van der Waals surface area contributed by atoms with Crippen molar-refractivity contribution in [3.8, 4) is 17.2 Å². The summed E-state index contributed by atoms with van der Waals surface area (Å²) in [5.74, 6) is -2.98. The normalized spacial score (nSPS) is 10.1. The number of hydrogen-bond donors (Lipinski definition) is 1. The average Bonchev–Trinajstić information content (AvgIpc) is 2.67. The van der Waals surface area contributed by atoms with E-state index in [2.05, 4.69) is 0 Å². The second kappa shape index (κ2) is 8.84. The molecule has 0 fully saturated rings. The van der Waals surface area contributed by atoms with Crippen LogP contribution < -0.4 is 19.5 Å². The van der Waals surface area contributed by atoms with Gasteiger partial charge in [-0.2, -0.15) is 0 Å². The minimum atomic E-state index is -0.948. The first kappa shape index (κ1) is 20.0. The first-order valence-electron chi connectivity index (χ1n) is 7.62. The van der Waals surface area contributed by atoms with Crippen LogP contribution >= 0.6 is 0 Å². The fourth-order valence-electron chi connectivity index (χ4n) is 2.19. The zero-order chi connectivity index (χ0) is 20.0. The number of hydrogen-bond acceptors (Lipinski definition) is 6. The number of esters is 1. The molecule has 0 radical (unpaired) electrons. The number of ether oxygens (including phenoxy) is 4. The monoisotopic (exact) mass is 381 g/mol. The minimum Gasteiger partial charge on any atom is -0.496 e. The third-order valence-electron chi connectivity index (χ3n) is 3.49. The van der Waals surface area contributed by atoms with Crippen molar-refractivity contribution < 1.29 is 37.3 Å². The first-order chi connectivity index (χ1) is 12.9. The Balaban J connectivity index is 2.10. The number of amides is 1. The number of methoxy groups -OCH3 is 3. The van der Waals surface area contributed by atoms with Crippen molar-refractivity contribution in [3.05, 3.63) is 47.5 Å². The van der Waals surface area contributed by atoms with Gasteiger partial charge in [-0.1, -0.05) is 6.07 Å². The number of carbonyl (C=O) groups excluding carboxylic acids is 2. The van der Waals surface area contributed by atoms with Crippen LogP contribution in [0, 0.1) is 11.6 Å². The van der Waals surface area contributed by atoms with Crippen LogP contribution in [-0.2, 0) is 9.53 Å². The van der Waals surface area contributed by atoms with Crippen molar-refractivity contribution in [1.29, 1.82) is 0 Å². The molecule has 1 N–H and O–H groups in total. The molecule has 0 atom stereocenters. The van der Waals surface area contributed by atoms with Gasteiger partial charge in [-0.25, -0.2) is 13.6 Å². The van der Waals surface area contributed by atoms with Gasteiger partial charge in [0, 0.05) is 12.1 Å². The molecule has 9 heteroatoms. The van der Waals surface area contributed by atoms with E-state index in [-0.39, 0.29) is 17.1 Å². The number of anilines is 1. The fraction of sp³-hybridized carbons (Fsp3) is 0.222. The molecule has 144 valence electrons. The van der Waals surface area contributed by atoms with E-state index < -0.39 is 35.8 Å². The van der Waals surface area contributed by atoms with Gasteiger partial charge >= 0.3 is 5.97 Å². The van der Waals surface area contributed by atoms with Crippen molar-refractivity contribution in [1.82, 2.24) is 0 Å². The SMILES string of the molecule is COc1cc(OC)c(C(=O)OCC(=O)Nc2c(F)cccc2F)cc1OC. The maximum absolute atomic E-state index is 13.5. The Morgan fingerprint density at radius 1 is 0.926 bits per heavy atom. The molecule has 0 aromatic heterocycles. The Labute approximate surface area is 153 Å². The molecule has 0 heterocycles. The molecule has 7 nitrogen and oxygen atoms in total. The third-order valence-corrected chi connectivity index (χ3v) is 3.49. The van der Waals surface area contributed by atoms with Crippen LogP contribution in [0.15, 0.2) is 30.3 Å². The van der Waals surface area contributed by atoms with Gasteiger partial charge in [0.05, 0.1) is 21.3 Å². The van der Waals surface area contributed by atoms with Gasteiger partial charge in [0.2, 0.25) is 0 Å². The number of halogens is 2. The number of carbonyl (C=O) groups is 2. The lowest BCUT2D eigenvalue weighted by Gasteiger charge is -2.13. The molecular weight excluding hydrogens is 364 g/mol. The van der Waals surface area contributed by atoms with Crippen LogP contribution in [0.4, 0.5) is 14.5 Å². The van der Waals surface area contributed by atoms with E-state index in [9.17, 15) is 18.4 Å². The lowest BCUT2D eigenvalue weighted by Crippen LogP contribution is -2.22. The second-order valence-corrected chi connectivity index (χ2v) is 5.13. The summed E-state index contributed by atoms with van der Waals surface area (Å²) in [6, 6.07) is 5.88. The summed E-state index contributed by atoms with van der Waals surface area (Å²) >= 11 is 0. The van der Waals surface area contributed by atoms with E-state index >= 15 is 0 Å². The topological polar surface area (TPSA) is 83.1 Å². The quantitative estimate of drug-likeness (QED) is 0.743. The van der Waals surface area contributed by atoms with Crippen LogP contribution in [0.2, 0.25) is 0 Å². The van der Waals surface area contributed by atoms with E-state index in [0.717, 1.165) is 18.2 Å². The molecule has 27 heavy (non-hydrogen) atoms. The highest BCUT2D eigenvalue weighted by atomic mass is 19.1. The highest BCUT2D eigenvalue weighted by Gasteiger charge is 2.20. The van der Waals surface area contributed by atoms with Crippen molar-refractivity contribution >= 4 is 17.6 Å². The zero-order valence-corrected chi connectivity index (χ0v) is 14.8. The summed E-state index contributed by atoms with van der Waals surface area (Å²) in [4.78, 5) is 24.1. The third kappa shape index (κ3) is 4.63. The van der Waals surface area contributed by atoms with Crippen LogP contribution in [0.3, 0.4) is 0 Å². The zero-order valence-electron chi connectivity index (χ0n) is 14.8. The van der Waals surface area contributed by atoms with Gasteiger partial charge in [-0.15, -0.1) is 0 Å². The number of rotatable bonds is 7. The molecule has 0 aliphatic heterocycles. The molecule has 2 rings (SSSR count). The predicted molar refractivity (Wildman–Crippen MR) is 91.4 cm³/mol. The maximum Gasteiger partial charge on any atom is 0.342 e. The summed E-state index contributed by atoms with van der Waals surface area (Å²) in [7, 11) is 4.14. The Bertz CT molecular complexity index is 836. The first-order valence-corrected chi connectivity index (χ1v) is 7.62. The maximum atomic E-state index is 13.5. The molecule has 0 spiro atoms. The van der Waals surface area contributed by atoms with Crippen molar-refractivity contribution in [2.75, 3.05) is 33.3 Å². The smallest absolute Gasteiger partial charge is 0.342 e. The lowest BCUT2D eigenvalue weighted by atomic mass is 10.1. The van der Waals surface area contributed by atoms with Crippen molar-refractivity contribution in [2.45, 2.75) is 0 Å². The molecule has 2 aromatic carbocycles. The summed E-state index contributed by atoms with van der Waals surface area (Å²) in [6.45, 7) is -0.760. The van der Waals surface area contributed by atoms with Gasteiger partial charge in [0.1, 0.15) is 28.6 Å². The molecule has 0 bridgehead atoms. The van der Waals surface area contributed by atoms with Crippen LogP contribution in [-0.4, -0.2) is 39.8 Å². The molecule has 1 amide bonds. The van der Waals surface area contributed by atoms with E-state index in [0.29, 0.717) is 5.75 Å².